The third kappa shape index (κ3) is 2.75. The molecule has 3 rings (SSSR count). The molecule has 0 amide bonds. The van der Waals surface area contributed by atoms with Gasteiger partial charge in [-0.3, -0.25) is 0 Å². The van der Waals surface area contributed by atoms with Crippen molar-refractivity contribution in [2.45, 2.75) is 22.9 Å². The van der Waals surface area contributed by atoms with Crippen molar-refractivity contribution in [2.24, 2.45) is 5.73 Å². The summed E-state index contributed by atoms with van der Waals surface area (Å²) in [7, 11) is 0. The molecule has 0 radical (unpaired) electrons. The molecule has 0 saturated heterocycles. The summed E-state index contributed by atoms with van der Waals surface area (Å²) in [4.78, 5) is 9.34. The van der Waals surface area contributed by atoms with E-state index in [1.807, 2.05) is 30.3 Å². The molecule has 0 saturated carbocycles. The number of nitrogens with two attached hydrogens (primary N) is 1. The second-order valence-electron chi connectivity index (χ2n) is 4.74. The van der Waals surface area contributed by atoms with E-state index < -0.39 is 0 Å². The molecule has 1 aromatic heterocycles. The zero-order valence-corrected chi connectivity index (χ0v) is 12.3. The lowest BCUT2D eigenvalue weighted by atomic mass is 10.1. The van der Waals surface area contributed by atoms with Gasteiger partial charge in [-0.15, -0.1) is 0 Å². The second kappa shape index (κ2) is 5.79. The molecule has 0 fully saturated rings. The van der Waals surface area contributed by atoms with Crippen molar-refractivity contribution in [2.75, 3.05) is 0 Å². The standard InChI is InChI=1S/C16H14FN3S/c1-10(18)15-12(17)6-4-8-14(15)21-16-11-5-2-3-7-13(11)19-9-20-16/h2-10H,18H2,1H3/t10-/m1/s1. The van der Waals surface area contributed by atoms with E-state index in [1.165, 1.54) is 24.2 Å². The maximum absolute atomic E-state index is 14.0. The van der Waals surface area contributed by atoms with Crippen LogP contribution in [0, 0.1) is 5.82 Å². The van der Waals surface area contributed by atoms with Gasteiger partial charge in [0, 0.05) is 21.9 Å². The minimum absolute atomic E-state index is 0.284. The fraction of sp³-hybridized carbons (Fsp3) is 0.125. The third-order valence-corrected chi connectivity index (χ3v) is 4.28. The number of nitrogens with zero attached hydrogens (tertiary/aromatic N) is 2. The van der Waals surface area contributed by atoms with Crippen LogP contribution in [0.25, 0.3) is 10.9 Å². The van der Waals surface area contributed by atoms with Crippen LogP contribution in [0.5, 0.6) is 0 Å². The number of rotatable bonds is 3. The highest BCUT2D eigenvalue weighted by Crippen LogP contribution is 2.35. The molecular formula is C16H14FN3S. The predicted octanol–water partition coefficient (Wildman–Crippen LogP) is 3.94. The number of hydrogen-bond donors (Lipinski definition) is 1. The number of halogens is 1. The summed E-state index contributed by atoms with van der Waals surface area (Å²) in [6.45, 7) is 1.78. The molecule has 0 aliphatic rings. The van der Waals surface area contributed by atoms with Crippen LogP contribution in [-0.2, 0) is 0 Å². The van der Waals surface area contributed by atoms with Crippen LogP contribution in [0.3, 0.4) is 0 Å². The molecule has 1 heterocycles. The highest BCUT2D eigenvalue weighted by molar-refractivity contribution is 7.99. The minimum Gasteiger partial charge on any atom is -0.324 e. The lowest BCUT2D eigenvalue weighted by Crippen LogP contribution is -2.09. The predicted molar refractivity (Wildman–Crippen MR) is 82.7 cm³/mol. The van der Waals surface area contributed by atoms with Gasteiger partial charge in [-0.2, -0.15) is 0 Å². The largest absolute Gasteiger partial charge is 0.324 e. The number of aromatic nitrogens is 2. The summed E-state index contributed by atoms with van der Waals surface area (Å²) < 4.78 is 14.0. The van der Waals surface area contributed by atoms with Gasteiger partial charge in [0.15, 0.2) is 0 Å². The zero-order valence-electron chi connectivity index (χ0n) is 11.5. The van der Waals surface area contributed by atoms with E-state index >= 15 is 0 Å². The third-order valence-electron chi connectivity index (χ3n) is 3.18. The van der Waals surface area contributed by atoms with Crippen LogP contribution in [-0.4, -0.2) is 9.97 Å². The molecule has 0 aliphatic heterocycles. The molecule has 106 valence electrons. The minimum atomic E-state index is -0.373. The van der Waals surface area contributed by atoms with Gasteiger partial charge in [0.2, 0.25) is 0 Å². The molecule has 21 heavy (non-hydrogen) atoms. The highest BCUT2D eigenvalue weighted by Gasteiger charge is 2.15. The van der Waals surface area contributed by atoms with E-state index in [4.69, 9.17) is 5.73 Å². The van der Waals surface area contributed by atoms with Gasteiger partial charge in [-0.25, -0.2) is 14.4 Å². The van der Waals surface area contributed by atoms with Crippen LogP contribution in [0.2, 0.25) is 0 Å². The number of para-hydroxylation sites is 1. The molecule has 3 nitrogen and oxygen atoms in total. The van der Waals surface area contributed by atoms with Crippen LogP contribution in [0.1, 0.15) is 18.5 Å². The van der Waals surface area contributed by atoms with Crippen molar-refractivity contribution < 1.29 is 4.39 Å². The average molecular weight is 299 g/mol. The topological polar surface area (TPSA) is 51.8 Å². The maximum Gasteiger partial charge on any atom is 0.129 e. The molecule has 0 aliphatic carbocycles. The Labute approximate surface area is 126 Å². The molecule has 3 aromatic rings. The second-order valence-corrected chi connectivity index (χ2v) is 5.77. The SMILES string of the molecule is C[C@@H](N)c1c(F)cccc1Sc1ncnc2ccccc12. The average Bonchev–Trinajstić information content (AvgIpc) is 2.47. The molecule has 0 unspecified atom stereocenters. The van der Waals surface area contributed by atoms with Crippen LogP contribution in [0.15, 0.2) is 58.7 Å². The maximum atomic E-state index is 14.0. The van der Waals surface area contributed by atoms with Crippen LogP contribution >= 0.6 is 11.8 Å². The van der Waals surface area contributed by atoms with Crippen LogP contribution in [0.4, 0.5) is 4.39 Å². The normalized spacial score (nSPS) is 12.5. The van der Waals surface area contributed by atoms with E-state index in [0.29, 0.717) is 5.56 Å². The molecule has 2 N–H and O–H groups in total. The van der Waals surface area contributed by atoms with Gasteiger partial charge in [0.05, 0.1) is 5.52 Å². The Kier molecular flexibility index (Phi) is 3.86. The van der Waals surface area contributed by atoms with E-state index in [9.17, 15) is 4.39 Å². The highest BCUT2D eigenvalue weighted by atomic mass is 32.2. The Hall–Kier alpha value is -1.98. The number of hydrogen-bond acceptors (Lipinski definition) is 4. The molecule has 1 atom stereocenters. The molecule has 2 aromatic carbocycles. The Morgan fingerprint density at radius 2 is 1.90 bits per heavy atom. The molecule has 5 heteroatoms. The first-order valence-corrected chi connectivity index (χ1v) is 7.40. The lowest BCUT2D eigenvalue weighted by molar-refractivity contribution is 0.585. The monoisotopic (exact) mass is 299 g/mol. The van der Waals surface area contributed by atoms with Gasteiger partial charge < -0.3 is 5.73 Å². The van der Waals surface area contributed by atoms with Crippen LogP contribution < -0.4 is 5.73 Å². The zero-order chi connectivity index (χ0) is 14.8. The van der Waals surface area contributed by atoms with Crippen molar-refractivity contribution in [1.82, 2.24) is 9.97 Å². The Morgan fingerprint density at radius 3 is 2.71 bits per heavy atom. The van der Waals surface area contributed by atoms with Gasteiger partial charge in [-0.1, -0.05) is 36.0 Å². The summed E-state index contributed by atoms with van der Waals surface area (Å²) in [5.74, 6) is -0.284. The summed E-state index contributed by atoms with van der Waals surface area (Å²) in [5, 5.41) is 1.75. The fourth-order valence-electron chi connectivity index (χ4n) is 2.21. The van der Waals surface area contributed by atoms with E-state index in [-0.39, 0.29) is 11.9 Å². The summed E-state index contributed by atoms with van der Waals surface area (Å²) in [6.07, 6.45) is 1.52. The van der Waals surface area contributed by atoms with Gasteiger partial charge in [0.25, 0.3) is 0 Å². The molecule has 0 spiro atoms. The Balaban J connectivity index is 2.09. The molecule has 0 bridgehead atoms. The quantitative estimate of drug-likeness (QED) is 0.744. The summed E-state index contributed by atoms with van der Waals surface area (Å²) in [5.41, 5.74) is 7.28. The smallest absolute Gasteiger partial charge is 0.129 e. The summed E-state index contributed by atoms with van der Waals surface area (Å²) in [6, 6.07) is 12.4. The van der Waals surface area contributed by atoms with Crippen molar-refractivity contribution in [3.8, 4) is 0 Å². The summed E-state index contributed by atoms with van der Waals surface area (Å²) >= 11 is 1.42. The number of benzene rings is 2. The van der Waals surface area contributed by atoms with E-state index in [0.717, 1.165) is 20.8 Å². The first-order valence-electron chi connectivity index (χ1n) is 6.58. The van der Waals surface area contributed by atoms with Crippen molar-refractivity contribution in [3.05, 3.63) is 60.2 Å². The lowest BCUT2D eigenvalue weighted by Gasteiger charge is -2.13. The van der Waals surface area contributed by atoms with Crippen molar-refractivity contribution >= 4 is 22.7 Å². The van der Waals surface area contributed by atoms with E-state index in [1.54, 1.807) is 13.0 Å². The van der Waals surface area contributed by atoms with Gasteiger partial charge >= 0.3 is 0 Å². The fourth-order valence-corrected chi connectivity index (χ4v) is 3.34. The van der Waals surface area contributed by atoms with Gasteiger partial charge in [0.1, 0.15) is 17.2 Å². The Bertz CT molecular complexity index is 784. The molecular weight excluding hydrogens is 285 g/mol. The first-order chi connectivity index (χ1) is 10.2. The van der Waals surface area contributed by atoms with E-state index in [2.05, 4.69) is 9.97 Å². The van der Waals surface area contributed by atoms with Gasteiger partial charge in [-0.05, 0) is 25.1 Å². The number of fused-ring (bicyclic) bond motifs is 1. The Morgan fingerprint density at radius 1 is 1.10 bits per heavy atom. The first kappa shape index (κ1) is 14.0. The van der Waals surface area contributed by atoms with Crippen molar-refractivity contribution in [3.63, 3.8) is 0 Å². The van der Waals surface area contributed by atoms with Crippen molar-refractivity contribution in [1.29, 1.82) is 0 Å².